The Balaban J connectivity index is 1.61. The summed E-state index contributed by atoms with van der Waals surface area (Å²) in [5, 5.41) is 6.18. The maximum atomic E-state index is 11.9. The molecule has 0 radical (unpaired) electrons. The molecule has 1 aliphatic heterocycles. The summed E-state index contributed by atoms with van der Waals surface area (Å²) in [6.07, 6.45) is 7.11. The first-order chi connectivity index (χ1) is 10.7. The maximum Gasteiger partial charge on any atom is 0.251 e. The number of guanidine groups is 1. The zero-order valence-electron chi connectivity index (χ0n) is 12.9. The number of carbonyl (C=O) groups is 1. The van der Waals surface area contributed by atoms with E-state index in [0.717, 1.165) is 29.7 Å². The van der Waals surface area contributed by atoms with Gasteiger partial charge in [0, 0.05) is 18.2 Å². The smallest absolute Gasteiger partial charge is 0.251 e. The number of nitrogens with one attached hydrogen (secondary N) is 2. The molecule has 1 fully saturated rings. The molecule has 1 amide bonds. The van der Waals surface area contributed by atoms with Crippen LogP contribution in [0.5, 0.6) is 0 Å². The van der Waals surface area contributed by atoms with Gasteiger partial charge in [-0.3, -0.25) is 4.79 Å². The topological polar surface area (TPSA) is 79.5 Å². The summed E-state index contributed by atoms with van der Waals surface area (Å²) < 4.78 is 0. The molecule has 5 nitrogen and oxygen atoms in total. The third-order valence-corrected chi connectivity index (χ3v) is 4.49. The number of amides is 1. The van der Waals surface area contributed by atoms with E-state index in [1.54, 1.807) is 0 Å². The molecule has 0 spiro atoms. The van der Waals surface area contributed by atoms with Crippen molar-refractivity contribution < 1.29 is 4.79 Å². The van der Waals surface area contributed by atoms with Crippen LogP contribution < -0.4 is 16.4 Å². The molecule has 0 unspecified atom stereocenters. The lowest BCUT2D eigenvalue weighted by atomic mass is 9.96. The highest BCUT2D eigenvalue weighted by Crippen LogP contribution is 2.18. The summed E-state index contributed by atoms with van der Waals surface area (Å²) in [6.45, 7) is 1.23. The van der Waals surface area contributed by atoms with E-state index in [0.29, 0.717) is 18.5 Å². The average molecular weight is 300 g/mol. The predicted octanol–water partition coefficient (Wildman–Crippen LogP) is 1.71. The Morgan fingerprint density at radius 1 is 1.32 bits per heavy atom. The zero-order valence-corrected chi connectivity index (χ0v) is 12.9. The summed E-state index contributed by atoms with van der Waals surface area (Å²) in [6, 6.07) is 6.46. The number of carbonyl (C=O) groups excluding carboxylic acids is 1. The molecule has 1 aromatic rings. The molecule has 0 bridgehead atoms. The van der Waals surface area contributed by atoms with Crippen LogP contribution in [-0.4, -0.2) is 24.5 Å². The Kier molecular flexibility index (Phi) is 4.61. The van der Waals surface area contributed by atoms with Crippen LogP contribution in [0.25, 0.3) is 0 Å². The molecule has 3 rings (SSSR count). The van der Waals surface area contributed by atoms with Crippen molar-refractivity contribution in [3.63, 3.8) is 0 Å². The molecule has 2 aliphatic rings. The Hall–Kier alpha value is -2.04. The number of fused-ring (bicyclic) bond motifs is 1. The Labute approximate surface area is 131 Å². The minimum atomic E-state index is 0.0142. The third-order valence-electron chi connectivity index (χ3n) is 4.49. The summed E-state index contributed by atoms with van der Waals surface area (Å²) in [7, 11) is 0. The second-order valence-electron chi connectivity index (χ2n) is 6.18. The standard InChI is InChI=1S/C17H24N4O/c18-17(21-14-4-2-1-3-5-14)20-11-12-6-7-13-8-9-19-16(22)15(13)10-12/h6-7,10,14H,1-5,8-9,11H2,(H,19,22)(H3,18,20,21). The van der Waals surface area contributed by atoms with Gasteiger partial charge in [-0.15, -0.1) is 0 Å². The van der Waals surface area contributed by atoms with Crippen molar-refractivity contribution in [2.24, 2.45) is 10.7 Å². The van der Waals surface area contributed by atoms with E-state index in [1.807, 2.05) is 18.2 Å². The van der Waals surface area contributed by atoms with Crippen molar-refractivity contribution in [1.82, 2.24) is 10.6 Å². The lowest BCUT2D eigenvalue weighted by molar-refractivity contribution is 0.0946. The van der Waals surface area contributed by atoms with Gasteiger partial charge in [0.25, 0.3) is 5.91 Å². The van der Waals surface area contributed by atoms with Gasteiger partial charge in [-0.1, -0.05) is 31.4 Å². The molecule has 1 heterocycles. The number of hydrogen-bond donors (Lipinski definition) is 3. The van der Waals surface area contributed by atoms with Crippen molar-refractivity contribution in [1.29, 1.82) is 0 Å². The van der Waals surface area contributed by atoms with E-state index in [9.17, 15) is 4.79 Å². The van der Waals surface area contributed by atoms with Crippen molar-refractivity contribution in [2.45, 2.75) is 51.1 Å². The van der Waals surface area contributed by atoms with Gasteiger partial charge in [0.15, 0.2) is 5.96 Å². The van der Waals surface area contributed by atoms with Crippen molar-refractivity contribution in [2.75, 3.05) is 6.54 Å². The van der Waals surface area contributed by atoms with Crippen LogP contribution in [0.1, 0.15) is 53.6 Å². The Bertz CT molecular complexity index is 576. The van der Waals surface area contributed by atoms with Gasteiger partial charge in [0.05, 0.1) is 6.54 Å². The fourth-order valence-electron chi connectivity index (χ4n) is 3.24. The molecular weight excluding hydrogens is 276 g/mol. The summed E-state index contributed by atoms with van der Waals surface area (Å²) in [4.78, 5) is 16.3. The van der Waals surface area contributed by atoms with E-state index in [2.05, 4.69) is 15.6 Å². The number of nitrogens with two attached hydrogens (primary N) is 1. The second-order valence-corrected chi connectivity index (χ2v) is 6.18. The minimum Gasteiger partial charge on any atom is -0.370 e. The molecule has 1 aromatic carbocycles. The SMILES string of the molecule is NC(=NCc1ccc2c(c1)C(=O)NCC2)NC1CCCCC1. The van der Waals surface area contributed by atoms with Crippen LogP contribution in [0.3, 0.4) is 0 Å². The highest BCUT2D eigenvalue weighted by atomic mass is 16.1. The first-order valence-electron chi connectivity index (χ1n) is 8.19. The normalized spacial score (nSPS) is 19.5. The fourth-order valence-corrected chi connectivity index (χ4v) is 3.24. The number of hydrogen-bond acceptors (Lipinski definition) is 2. The zero-order chi connectivity index (χ0) is 15.4. The molecule has 22 heavy (non-hydrogen) atoms. The molecule has 0 atom stereocenters. The van der Waals surface area contributed by atoms with E-state index >= 15 is 0 Å². The first-order valence-corrected chi connectivity index (χ1v) is 8.19. The van der Waals surface area contributed by atoms with Crippen LogP contribution in [0, 0.1) is 0 Å². The minimum absolute atomic E-state index is 0.0142. The van der Waals surface area contributed by atoms with Crippen LogP contribution >= 0.6 is 0 Å². The van der Waals surface area contributed by atoms with Gasteiger partial charge in [0.2, 0.25) is 0 Å². The van der Waals surface area contributed by atoms with Gasteiger partial charge < -0.3 is 16.4 Å². The van der Waals surface area contributed by atoms with E-state index in [4.69, 9.17) is 5.73 Å². The monoisotopic (exact) mass is 300 g/mol. The highest BCUT2D eigenvalue weighted by molar-refractivity contribution is 5.96. The molecule has 0 saturated heterocycles. The Morgan fingerprint density at radius 3 is 2.95 bits per heavy atom. The van der Waals surface area contributed by atoms with Crippen molar-refractivity contribution in [3.8, 4) is 0 Å². The Morgan fingerprint density at radius 2 is 2.14 bits per heavy atom. The van der Waals surface area contributed by atoms with E-state index in [1.165, 1.54) is 32.1 Å². The molecule has 1 saturated carbocycles. The highest BCUT2D eigenvalue weighted by Gasteiger charge is 2.16. The molecule has 0 aromatic heterocycles. The van der Waals surface area contributed by atoms with Gasteiger partial charge in [-0.2, -0.15) is 0 Å². The molecule has 118 valence electrons. The van der Waals surface area contributed by atoms with Crippen molar-refractivity contribution in [3.05, 3.63) is 34.9 Å². The maximum absolute atomic E-state index is 11.9. The summed E-state index contributed by atoms with van der Waals surface area (Å²) in [5.41, 5.74) is 8.89. The molecular formula is C17H24N4O. The average Bonchev–Trinajstić information content (AvgIpc) is 2.54. The second kappa shape index (κ2) is 6.81. The van der Waals surface area contributed by atoms with E-state index in [-0.39, 0.29) is 5.91 Å². The number of aliphatic imine (C=N–C) groups is 1. The van der Waals surface area contributed by atoms with Crippen LogP contribution in [0.15, 0.2) is 23.2 Å². The van der Waals surface area contributed by atoms with Gasteiger partial charge >= 0.3 is 0 Å². The van der Waals surface area contributed by atoms with Gasteiger partial charge in [0.1, 0.15) is 0 Å². The molecule has 4 N–H and O–H groups in total. The summed E-state index contributed by atoms with van der Waals surface area (Å²) in [5.74, 6) is 0.523. The lowest BCUT2D eigenvalue weighted by Crippen LogP contribution is -2.41. The number of benzene rings is 1. The third kappa shape index (κ3) is 3.59. The molecule has 5 heteroatoms. The van der Waals surface area contributed by atoms with Crippen molar-refractivity contribution >= 4 is 11.9 Å². The first kappa shape index (κ1) is 14.9. The van der Waals surface area contributed by atoms with Crippen LogP contribution in [-0.2, 0) is 13.0 Å². The lowest BCUT2D eigenvalue weighted by Gasteiger charge is -2.23. The fraction of sp³-hybridized carbons (Fsp3) is 0.529. The number of nitrogens with zero attached hydrogens (tertiary/aromatic N) is 1. The summed E-state index contributed by atoms with van der Waals surface area (Å²) >= 11 is 0. The van der Waals surface area contributed by atoms with Crippen LogP contribution in [0.4, 0.5) is 0 Å². The van der Waals surface area contributed by atoms with Crippen LogP contribution in [0.2, 0.25) is 0 Å². The quantitative estimate of drug-likeness (QED) is 0.587. The van der Waals surface area contributed by atoms with E-state index < -0.39 is 0 Å². The largest absolute Gasteiger partial charge is 0.370 e. The number of rotatable bonds is 3. The predicted molar refractivity (Wildman–Crippen MR) is 87.8 cm³/mol. The van der Waals surface area contributed by atoms with Gasteiger partial charge in [-0.05, 0) is 36.5 Å². The molecule has 1 aliphatic carbocycles. The van der Waals surface area contributed by atoms with Gasteiger partial charge in [-0.25, -0.2) is 4.99 Å².